The van der Waals surface area contributed by atoms with E-state index in [-0.39, 0.29) is 23.5 Å². The summed E-state index contributed by atoms with van der Waals surface area (Å²) in [6, 6.07) is 8.23. The number of fused-ring (bicyclic) bond motifs is 1. The van der Waals surface area contributed by atoms with Crippen molar-refractivity contribution in [2.75, 3.05) is 13.1 Å². The van der Waals surface area contributed by atoms with Crippen LogP contribution in [0.2, 0.25) is 0 Å². The van der Waals surface area contributed by atoms with Gasteiger partial charge < -0.3 is 9.30 Å². The van der Waals surface area contributed by atoms with E-state index in [1.807, 2.05) is 16.7 Å². The van der Waals surface area contributed by atoms with Crippen LogP contribution in [0.1, 0.15) is 30.8 Å². The fraction of sp³-hybridized carbons (Fsp3) is 0.500. The summed E-state index contributed by atoms with van der Waals surface area (Å²) in [7, 11) is 3.18. The number of benzene rings is 1. The van der Waals surface area contributed by atoms with E-state index in [0.29, 0.717) is 24.3 Å². The standard InChI is InChI=1S/C22H29N5O3/c1-14-7-6-8-17(9-14)12-27-18(13-26-10-15(2)30-16(3)11-26)23-20-19(27)21(28)25(5)22(29)24(20)4/h6-9,15-16H,10-13H2,1-5H3/t15-,16-/m0/s1. The van der Waals surface area contributed by atoms with Gasteiger partial charge in [0.1, 0.15) is 5.82 Å². The molecule has 0 spiro atoms. The molecule has 1 aromatic carbocycles. The highest BCUT2D eigenvalue weighted by Crippen LogP contribution is 2.19. The quantitative estimate of drug-likeness (QED) is 0.649. The number of nitrogens with zero attached hydrogens (tertiary/aromatic N) is 5. The van der Waals surface area contributed by atoms with Crippen LogP contribution in [0.15, 0.2) is 33.9 Å². The van der Waals surface area contributed by atoms with E-state index in [1.165, 1.54) is 11.6 Å². The van der Waals surface area contributed by atoms with Crippen LogP contribution in [0.4, 0.5) is 0 Å². The maximum atomic E-state index is 13.0. The molecule has 30 heavy (non-hydrogen) atoms. The Balaban J connectivity index is 1.86. The third-order valence-corrected chi connectivity index (χ3v) is 5.71. The van der Waals surface area contributed by atoms with Gasteiger partial charge >= 0.3 is 5.69 Å². The second-order valence-electron chi connectivity index (χ2n) is 8.43. The molecule has 1 aliphatic rings. The van der Waals surface area contributed by atoms with Crippen molar-refractivity contribution >= 4 is 11.2 Å². The van der Waals surface area contributed by atoms with E-state index in [2.05, 4.69) is 37.8 Å². The number of morpholine rings is 1. The van der Waals surface area contributed by atoms with E-state index >= 15 is 0 Å². The summed E-state index contributed by atoms with van der Waals surface area (Å²) < 4.78 is 10.4. The first kappa shape index (κ1) is 20.6. The first-order valence-electron chi connectivity index (χ1n) is 10.3. The molecule has 0 aliphatic carbocycles. The van der Waals surface area contributed by atoms with Gasteiger partial charge in [0.25, 0.3) is 5.56 Å². The number of hydrogen-bond donors (Lipinski definition) is 0. The van der Waals surface area contributed by atoms with E-state index in [1.54, 1.807) is 7.05 Å². The minimum Gasteiger partial charge on any atom is -0.373 e. The number of imidazole rings is 1. The molecule has 0 radical (unpaired) electrons. The Morgan fingerprint density at radius 1 is 1.07 bits per heavy atom. The first-order valence-corrected chi connectivity index (χ1v) is 10.3. The Morgan fingerprint density at radius 2 is 1.77 bits per heavy atom. The van der Waals surface area contributed by atoms with Crippen LogP contribution in [0, 0.1) is 6.92 Å². The highest BCUT2D eigenvalue weighted by atomic mass is 16.5. The predicted molar refractivity (Wildman–Crippen MR) is 116 cm³/mol. The lowest BCUT2D eigenvalue weighted by Crippen LogP contribution is -2.45. The van der Waals surface area contributed by atoms with Gasteiger partial charge in [0.05, 0.1) is 18.8 Å². The molecule has 1 saturated heterocycles. The van der Waals surface area contributed by atoms with Gasteiger partial charge in [0.15, 0.2) is 11.2 Å². The van der Waals surface area contributed by atoms with Crippen LogP contribution < -0.4 is 11.2 Å². The molecule has 4 rings (SSSR count). The Hall–Kier alpha value is -2.71. The molecule has 2 atom stereocenters. The summed E-state index contributed by atoms with van der Waals surface area (Å²) in [4.78, 5) is 32.6. The lowest BCUT2D eigenvalue weighted by molar-refractivity contribution is -0.0712. The molecule has 1 aliphatic heterocycles. The Labute approximate surface area is 175 Å². The van der Waals surface area contributed by atoms with Gasteiger partial charge in [-0.2, -0.15) is 0 Å². The van der Waals surface area contributed by atoms with Crippen molar-refractivity contribution in [1.82, 2.24) is 23.6 Å². The fourth-order valence-corrected chi connectivity index (χ4v) is 4.39. The molecule has 0 amide bonds. The van der Waals surface area contributed by atoms with Crippen molar-refractivity contribution in [3.05, 3.63) is 62.1 Å². The third kappa shape index (κ3) is 3.73. The van der Waals surface area contributed by atoms with Gasteiger partial charge in [-0.25, -0.2) is 9.78 Å². The summed E-state index contributed by atoms with van der Waals surface area (Å²) in [6.07, 6.45) is 0.279. The van der Waals surface area contributed by atoms with Crippen molar-refractivity contribution < 1.29 is 4.74 Å². The van der Waals surface area contributed by atoms with Crippen molar-refractivity contribution in [3.8, 4) is 0 Å². The summed E-state index contributed by atoms with van der Waals surface area (Å²) in [5.74, 6) is 0.783. The van der Waals surface area contributed by atoms with Gasteiger partial charge in [-0.05, 0) is 26.3 Å². The summed E-state index contributed by atoms with van der Waals surface area (Å²) in [6.45, 7) is 8.90. The Kier molecular flexibility index (Phi) is 5.38. The molecular formula is C22H29N5O3. The number of aryl methyl sites for hydroxylation is 2. The van der Waals surface area contributed by atoms with Crippen molar-refractivity contribution in [2.45, 2.75) is 46.1 Å². The third-order valence-electron chi connectivity index (χ3n) is 5.71. The monoisotopic (exact) mass is 411 g/mol. The van der Waals surface area contributed by atoms with Crippen molar-refractivity contribution in [3.63, 3.8) is 0 Å². The summed E-state index contributed by atoms with van der Waals surface area (Å²) in [5.41, 5.74) is 2.46. The zero-order valence-electron chi connectivity index (χ0n) is 18.3. The summed E-state index contributed by atoms with van der Waals surface area (Å²) in [5, 5.41) is 0. The van der Waals surface area contributed by atoms with Gasteiger partial charge in [0, 0.05) is 33.7 Å². The van der Waals surface area contributed by atoms with Crippen LogP contribution in [-0.2, 0) is 31.9 Å². The maximum Gasteiger partial charge on any atom is 0.332 e. The molecule has 3 aromatic rings. The van der Waals surface area contributed by atoms with Gasteiger partial charge in [0.2, 0.25) is 0 Å². The largest absolute Gasteiger partial charge is 0.373 e. The zero-order valence-corrected chi connectivity index (χ0v) is 18.3. The van der Waals surface area contributed by atoms with E-state index in [0.717, 1.165) is 34.6 Å². The molecule has 8 heteroatoms. The molecule has 3 heterocycles. The Bertz CT molecular complexity index is 1200. The molecule has 1 fully saturated rings. The number of hydrogen-bond acceptors (Lipinski definition) is 5. The second kappa shape index (κ2) is 7.85. The van der Waals surface area contributed by atoms with Crippen LogP contribution in [0.25, 0.3) is 11.2 Å². The van der Waals surface area contributed by atoms with Crippen LogP contribution in [0.3, 0.4) is 0 Å². The summed E-state index contributed by atoms with van der Waals surface area (Å²) >= 11 is 0. The van der Waals surface area contributed by atoms with E-state index in [9.17, 15) is 9.59 Å². The lowest BCUT2D eigenvalue weighted by atomic mass is 10.1. The number of ether oxygens (including phenoxy) is 1. The van der Waals surface area contributed by atoms with Crippen LogP contribution >= 0.6 is 0 Å². The molecule has 8 nitrogen and oxygen atoms in total. The van der Waals surface area contributed by atoms with Gasteiger partial charge in [-0.15, -0.1) is 0 Å². The number of rotatable bonds is 4. The normalized spacial score (nSPS) is 20.2. The zero-order chi connectivity index (χ0) is 21.6. The average molecular weight is 412 g/mol. The number of aromatic nitrogens is 4. The molecule has 160 valence electrons. The molecular weight excluding hydrogens is 382 g/mol. The topological polar surface area (TPSA) is 74.3 Å². The predicted octanol–water partition coefficient (Wildman–Crippen LogP) is 1.40. The first-order chi connectivity index (χ1) is 14.2. The van der Waals surface area contributed by atoms with Crippen LogP contribution in [0.5, 0.6) is 0 Å². The minimum atomic E-state index is -0.368. The minimum absolute atomic E-state index is 0.139. The molecule has 2 aromatic heterocycles. The second-order valence-corrected chi connectivity index (χ2v) is 8.43. The van der Waals surface area contributed by atoms with Crippen molar-refractivity contribution in [2.24, 2.45) is 14.1 Å². The highest BCUT2D eigenvalue weighted by Gasteiger charge is 2.25. The van der Waals surface area contributed by atoms with Crippen molar-refractivity contribution in [1.29, 1.82) is 0 Å². The average Bonchev–Trinajstić information content (AvgIpc) is 3.02. The van der Waals surface area contributed by atoms with Gasteiger partial charge in [-0.1, -0.05) is 29.8 Å². The van der Waals surface area contributed by atoms with E-state index < -0.39 is 0 Å². The molecule has 0 unspecified atom stereocenters. The van der Waals surface area contributed by atoms with Gasteiger partial charge in [-0.3, -0.25) is 18.8 Å². The molecule has 0 N–H and O–H groups in total. The highest BCUT2D eigenvalue weighted by molar-refractivity contribution is 5.71. The Morgan fingerprint density at radius 3 is 2.43 bits per heavy atom. The molecule has 0 bridgehead atoms. The smallest absolute Gasteiger partial charge is 0.332 e. The lowest BCUT2D eigenvalue weighted by Gasteiger charge is -2.35. The van der Waals surface area contributed by atoms with E-state index in [4.69, 9.17) is 9.72 Å². The maximum absolute atomic E-state index is 13.0. The molecule has 0 saturated carbocycles. The fourth-order valence-electron chi connectivity index (χ4n) is 4.39. The SMILES string of the molecule is Cc1cccc(Cn2c(CN3C[C@H](C)O[C@@H](C)C3)nc3c2c(=O)n(C)c(=O)n3C)c1. The van der Waals surface area contributed by atoms with Crippen LogP contribution in [-0.4, -0.2) is 48.9 Å².